The van der Waals surface area contributed by atoms with Gasteiger partial charge < -0.3 is 5.73 Å². The highest BCUT2D eigenvalue weighted by molar-refractivity contribution is 5.36. The third-order valence-corrected chi connectivity index (χ3v) is 3.68. The molecule has 2 N–H and O–H groups in total. The molecule has 0 atom stereocenters. The Bertz CT molecular complexity index is 592. The van der Waals surface area contributed by atoms with E-state index >= 15 is 0 Å². The molecule has 2 rings (SSSR count). The molecule has 3 nitrogen and oxygen atoms in total. The highest BCUT2D eigenvalue weighted by Crippen LogP contribution is 2.30. The van der Waals surface area contributed by atoms with E-state index in [4.69, 9.17) is 5.73 Å². The lowest BCUT2D eigenvalue weighted by Crippen LogP contribution is -2.23. The highest BCUT2D eigenvalue weighted by Gasteiger charge is 2.27. The largest absolute Gasteiger partial charge is 0.384 e. The van der Waals surface area contributed by atoms with Crippen molar-refractivity contribution >= 4 is 5.82 Å². The van der Waals surface area contributed by atoms with E-state index in [9.17, 15) is 0 Å². The second kappa shape index (κ2) is 4.89. The summed E-state index contributed by atoms with van der Waals surface area (Å²) in [5.74, 6) is 0.543. The molecule has 0 radical (unpaired) electrons. The topological polar surface area (TPSA) is 51.8 Å². The van der Waals surface area contributed by atoms with E-state index in [0.29, 0.717) is 5.82 Å². The van der Waals surface area contributed by atoms with E-state index in [-0.39, 0.29) is 10.8 Å². The molecule has 2 heterocycles. The first-order chi connectivity index (χ1) is 9.21. The fourth-order valence-corrected chi connectivity index (χ4v) is 2.14. The van der Waals surface area contributed by atoms with E-state index in [1.807, 2.05) is 18.3 Å². The average molecular weight is 269 g/mol. The molecule has 0 saturated carbocycles. The zero-order chi connectivity index (χ0) is 15.0. The fraction of sp³-hybridized carbons (Fsp3) is 0.412. The summed E-state index contributed by atoms with van der Waals surface area (Å²) in [6, 6.07) is 9.97. The maximum Gasteiger partial charge on any atom is 0.123 e. The van der Waals surface area contributed by atoms with Crippen LogP contribution in [0.2, 0.25) is 0 Å². The van der Waals surface area contributed by atoms with Crippen molar-refractivity contribution in [2.75, 3.05) is 5.73 Å². The van der Waals surface area contributed by atoms with Crippen LogP contribution in [-0.2, 0) is 10.8 Å². The number of pyridine rings is 2. The molecular weight excluding hydrogens is 246 g/mol. The molecule has 0 bridgehead atoms. The van der Waals surface area contributed by atoms with Crippen molar-refractivity contribution in [1.82, 2.24) is 9.97 Å². The molecular formula is C17H23N3. The smallest absolute Gasteiger partial charge is 0.123 e. The highest BCUT2D eigenvalue weighted by atomic mass is 14.9. The van der Waals surface area contributed by atoms with Crippen LogP contribution in [0.5, 0.6) is 0 Å². The van der Waals surface area contributed by atoms with Gasteiger partial charge in [0.05, 0.1) is 11.4 Å². The fourth-order valence-electron chi connectivity index (χ4n) is 2.14. The number of hydrogen-bond acceptors (Lipinski definition) is 3. The third-order valence-electron chi connectivity index (χ3n) is 3.68. The molecule has 106 valence electrons. The van der Waals surface area contributed by atoms with Crippen LogP contribution < -0.4 is 5.73 Å². The molecule has 0 aliphatic heterocycles. The Labute approximate surface area is 121 Å². The van der Waals surface area contributed by atoms with Gasteiger partial charge in [-0.25, -0.2) is 4.98 Å². The predicted octanol–water partition coefficient (Wildman–Crippen LogP) is 3.68. The summed E-state index contributed by atoms with van der Waals surface area (Å²) in [6.45, 7) is 10.8. The molecule has 0 amide bonds. The zero-order valence-electron chi connectivity index (χ0n) is 12.9. The van der Waals surface area contributed by atoms with Gasteiger partial charge in [-0.05, 0) is 43.0 Å². The van der Waals surface area contributed by atoms with Crippen molar-refractivity contribution < 1.29 is 0 Å². The van der Waals surface area contributed by atoms with Gasteiger partial charge in [0.15, 0.2) is 0 Å². The van der Waals surface area contributed by atoms with Gasteiger partial charge in [-0.2, -0.15) is 0 Å². The van der Waals surface area contributed by atoms with Gasteiger partial charge in [-0.1, -0.05) is 32.9 Å². The Balaban J connectivity index is 2.39. The van der Waals surface area contributed by atoms with Crippen LogP contribution in [-0.4, -0.2) is 9.97 Å². The van der Waals surface area contributed by atoms with Gasteiger partial charge in [0.1, 0.15) is 5.82 Å². The molecule has 0 aromatic carbocycles. The quantitative estimate of drug-likeness (QED) is 0.904. The summed E-state index contributed by atoms with van der Waals surface area (Å²) in [5.41, 5.74) is 8.82. The van der Waals surface area contributed by atoms with Crippen molar-refractivity contribution in [1.29, 1.82) is 0 Å². The van der Waals surface area contributed by atoms with Crippen molar-refractivity contribution in [2.24, 2.45) is 0 Å². The Morgan fingerprint density at radius 3 is 2.10 bits per heavy atom. The minimum atomic E-state index is -0.258. The molecule has 2 aromatic heterocycles. The number of nitrogens with zero attached hydrogens (tertiary/aromatic N) is 2. The molecule has 2 aromatic rings. The Morgan fingerprint density at radius 1 is 0.900 bits per heavy atom. The van der Waals surface area contributed by atoms with E-state index in [0.717, 1.165) is 11.4 Å². The van der Waals surface area contributed by atoms with E-state index in [1.165, 1.54) is 5.56 Å². The number of rotatable bonds is 2. The Kier molecular flexibility index (Phi) is 3.55. The first-order valence-corrected chi connectivity index (χ1v) is 6.91. The molecule has 0 aliphatic carbocycles. The Hall–Kier alpha value is -1.90. The molecule has 0 aliphatic rings. The van der Waals surface area contributed by atoms with Crippen molar-refractivity contribution in [2.45, 2.75) is 45.4 Å². The molecule has 0 fully saturated rings. The van der Waals surface area contributed by atoms with Gasteiger partial charge in [-0.15, -0.1) is 0 Å². The minimum Gasteiger partial charge on any atom is -0.384 e. The zero-order valence-corrected chi connectivity index (χ0v) is 12.9. The average Bonchev–Trinajstić information content (AvgIpc) is 2.38. The number of aromatic nitrogens is 2. The number of hydrogen-bond donors (Lipinski definition) is 1. The lowest BCUT2D eigenvalue weighted by Gasteiger charge is -2.25. The monoisotopic (exact) mass is 269 g/mol. The van der Waals surface area contributed by atoms with Crippen molar-refractivity contribution in [3.8, 4) is 0 Å². The van der Waals surface area contributed by atoms with E-state index in [2.05, 4.69) is 56.7 Å². The first-order valence-electron chi connectivity index (χ1n) is 6.91. The second-order valence-electron chi connectivity index (χ2n) is 6.75. The van der Waals surface area contributed by atoms with E-state index < -0.39 is 0 Å². The third kappa shape index (κ3) is 2.82. The summed E-state index contributed by atoms with van der Waals surface area (Å²) >= 11 is 0. The SMILES string of the molecule is CC(C)(C)c1ccc(C(C)(C)c2cccc(N)n2)nc1. The lowest BCUT2D eigenvalue weighted by molar-refractivity contribution is 0.572. The summed E-state index contributed by atoms with van der Waals surface area (Å²) in [7, 11) is 0. The summed E-state index contributed by atoms with van der Waals surface area (Å²) < 4.78 is 0. The van der Waals surface area contributed by atoms with Crippen molar-refractivity contribution in [3.05, 3.63) is 53.5 Å². The normalized spacial score (nSPS) is 12.4. The van der Waals surface area contributed by atoms with Crippen LogP contribution >= 0.6 is 0 Å². The van der Waals surface area contributed by atoms with Crippen LogP contribution in [0.25, 0.3) is 0 Å². The molecule has 20 heavy (non-hydrogen) atoms. The van der Waals surface area contributed by atoms with E-state index in [1.54, 1.807) is 6.07 Å². The predicted molar refractivity (Wildman–Crippen MR) is 83.7 cm³/mol. The number of nitrogens with two attached hydrogens (primary N) is 1. The minimum absolute atomic E-state index is 0.116. The number of nitrogen functional groups attached to an aromatic ring is 1. The van der Waals surface area contributed by atoms with Gasteiger partial charge in [0.25, 0.3) is 0 Å². The summed E-state index contributed by atoms with van der Waals surface area (Å²) in [6.07, 6.45) is 1.96. The lowest BCUT2D eigenvalue weighted by atomic mass is 9.83. The standard InChI is InChI=1S/C17H23N3/c1-16(2,3)12-9-10-13(19-11-12)17(4,5)14-7-6-8-15(18)20-14/h6-11H,1-5H3,(H2,18,20). The Morgan fingerprint density at radius 2 is 1.60 bits per heavy atom. The summed E-state index contributed by atoms with van der Waals surface area (Å²) in [5, 5.41) is 0. The molecule has 0 saturated heterocycles. The molecule has 0 unspecified atom stereocenters. The van der Waals surface area contributed by atoms with Crippen LogP contribution in [0.3, 0.4) is 0 Å². The van der Waals surface area contributed by atoms with Crippen LogP contribution in [0, 0.1) is 0 Å². The van der Waals surface area contributed by atoms with Crippen LogP contribution in [0.15, 0.2) is 36.5 Å². The van der Waals surface area contributed by atoms with Gasteiger partial charge in [0.2, 0.25) is 0 Å². The molecule has 3 heteroatoms. The van der Waals surface area contributed by atoms with Gasteiger partial charge >= 0.3 is 0 Å². The second-order valence-corrected chi connectivity index (χ2v) is 6.75. The van der Waals surface area contributed by atoms with Crippen LogP contribution in [0.1, 0.15) is 51.6 Å². The van der Waals surface area contributed by atoms with Gasteiger partial charge in [-0.3, -0.25) is 4.98 Å². The van der Waals surface area contributed by atoms with Crippen molar-refractivity contribution in [3.63, 3.8) is 0 Å². The number of anilines is 1. The first kappa shape index (κ1) is 14.5. The van der Waals surface area contributed by atoms with Crippen LogP contribution in [0.4, 0.5) is 5.82 Å². The maximum absolute atomic E-state index is 5.78. The maximum atomic E-state index is 5.78. The van der Waals surface area contributed by atoms with Gasteiger partial charge in [0, 0.05) is 11.6 Å². The summed E-state index contributed by atoms with van der Waals surface area (Å²) in [4.78, 5) is 9.07. The molecule has 0 spiro atoms.